The van der Waals surface area contributed by atoms with Crippen LogP contribution in [-0.4, -0.2) is 47.8 Å². The standard InChI is InChI=1S/C21H40N4O2.ClH/c1-2-3-15-25(21(27)24-14-10-5-4-9-13-22)17-20(26)19(23)16-18-11-7-6-8-12-18;/h18-20,26H,2-12,14-17,23H2,1H3,(H,24,27);1H/t19-,20+;/m0./s1. The molecule has 1 rings (SSSR count). The minimum Gasteiger partial charge on any atom is -0.390 e. The average Bonchev–Trinajstić information content (AvgIpc) is 2.68. The van der Waals surface area contributed by atoms with Crippen molar-refractivity contribution in [3.05, 3.63) is 0 Å². The van der Waals surface area contributed by atoms with Crippen molar-refractivity contribution < 1.29 is 9.90 Å². The SMILES string of the molecule is CCCCN(C[C@@H](O)[C@@H](N)CC1CCCCC1)C(=O)NCCCCCC#N.Cl. The van der Waals surface area contributed by atoms with Crippen molar-refractivity contribution in [1.29, 1.82) is 5.26 Å². The van der Waals surface area contributed by atoms with Gasteiger partial charge in [0.25, 0.3) is 0 Å². The highest BCUT2D eigenvalue weighted by Crippen LogP contribution is 2.27. The summed E-state index contributed by atoms with van der Waals surface area (Å²) in [7, 11) is 0. The molecule has 0 aliphatic heterocycles. The lowest BCUT2D eigenvalue weighted by molar-refractivity contribution is 0.0889. The normalized spacial score (nSPS) is 16.5. The van der Waals surface area contributed by atoms with Gasteiger partial charge in [-0.05, 0) is 31.6 Å². The molecule has 6 nitrogen and oxygen atoms in total. The summed E-state index contributed by atoms with van der Waals surface area (Å²) in [6, 6.07) is 1.75. The molecule has 164 valence electrons. The molecule has 0 heterocycles. The summed E-state index contributed by atoms with van der Waals surface area (Å²) in [5.74, 6) is 0.620. The number of hydrogen-bond acceptors (Lipinski definition) is 4. The number of nitrogens with two attached hydrogens (primary N) is 1. The molecule has 1 aliphatic carbocycles. The molecular weight excluding hydrogens is 376 g/mol. The van der Waals surface area contributed by atoms with Crippen molar-refractivity contribution in [2.75, 3.05) is 19.6 Å². The highest BCUT2D eigenvalue weighted by molar-refractivity contribution is 5.85. The number of unbranched alkanes of at least 4 members (excludes halogenated alkanes) is 4. The minimum atomic E-state index is -0.676. The van der Waals surface area contributed by atoms with Crippen LogP contribution in [0, 0.1) is 17.2 Å². The monoisotopic (exact) mass is 416 g/mol. The van der Waals surface area contributed by atoms with Crippen LogP contribution in [0.4, 0.5) is 4.79 Å². The molecule has 0 aromatic carbocycles. The van der Waals surface area contributed by atoms with Gasteiger partial charge < -0.3 is 21.1 Å². The van der Waals surface area contributed by atoms with Gasteiger partial charge in [-0.1, -0.05) is 51.9 Å². The summed E-state index contributed by atoms with van der Waals surface area (Å²) in [6.07, 6.45) is 11.6. The van der Waals surface area contributed by atoms with Crippen molar-refractivity contribution in [2.24, 2.45) is 11.7 Å². The Hall–Kier alpha value is -1.03. The van der Waals surface area contributed by atoms with Gasteiger partial charge in [0.1, 0.15) is 0 Å². The topological polar surface area (TPSA) is 102 Å². The summed E-state index contributed by atoms with van der Waals surface area (Å²) in [5.41, 5.74) is 6.26. The van der Waals surface area contributed by atoms with E-state index in [1.165, 1.54) is 32.1 Å². The van der Waals surface area contributed by atoms with E-state index in [9.17, 15) is 9.90 Å². The molecule has 0 spiro atoms. The maximum absolute atomic E-state index is 12.5. The first-order chi connectivity index (χ1) is 13.1. The predicted molar refractivity (Wildman–Crippen MR) is 116 cm³/mol. The molecule has 0 aromatic heterocycles. The lowest BCUT2D eigenvalue weighted by Gasteiger charge is -2.31. The molecule has 0 saturated heterocycles. The summed E-state index contributed by atoms with van der Waals surface area (Å²) in [4.78, 5) is 14.2. The Morgan fingerprint density at radius 3 is 2.61 bits per heavy atom. The smallest absolute Gasteiger partial charge is 0.317 e. The van der Waals surface area contributed by atoms with E-state index in [4.69, 9.17) is 11.0 Å². The molecule has 2 atom stereocenters. The lowest BCUT2D eigenvalue weighted by Crippen LogP contribution is -2.49. The summed E-state index contributed by atoms with van der Waals surface area (Å²) in [6.45, 7) is 3.64. The predicted octanol–water partition coefficient (Wildman–Crippen LogP) is 3.96. The first-order valence-corrected chi connectivity index (χ1v) is 10.9. The molecular formula is C21H41ClN4O2. The van der Waals surface area contributed by atoms with E-state index in [1.807, 2.05) is 0 Å². The van der Waals surface area contributed by atoms with Crippen LogP contribution in [-0.2, 0) is 0 Å². The number of carbonyl (C=O) groups excluding carboxylic acids is 1. The van der Waals surface area contributed by atoms with Crippen molar-refractivity contribution in [2.45, 2.75) is 96.1 Å². The third-order valence-electron chi connectivity index (χ3n) is 5.54. The largest absolute Gasteiger partial charge is 0.390 e. The van der Waals surface area contributed by atoms with E-state index < -0.39 is 6.10 Å². The Morgan fingerprint density at radius 2 is 1.96 bits per heavy atom. The van der Waals surface area contributed by atoms with Crippen LogP contribution in [0.15, 0.2) is 0 Å². The van der Waals surface area contributed by atoms with Crippen molar-refractivity contribution in [1.82, 2.24) is 10.2 Å². The number of hydrogen-bond donors (Lipinski definition) is 3. The molecule has 0 unspecified atom stereocenters. The Kier molecular flexibility index (Phi) is 16.3. The summed E-state index contributed by atoms with van der Waals surface area (Å²) < 4.78 is 0. The number of nitrogens with zero attached hydrogens (tertiary/aromatic N) is 2. The fraction of sp³-hybridized carbons (Fsp3) is 0.905. The molecule has 7 heteroatoms. The molecule has 2 amide bonds. The molecule has 1 aliphatic rings. The Morgan fingerprint density at radius 1 is 1.25 bits per heavy atom. The molecule has 1 saturated carbocycles. The van der Waals surface area contributed by atoms with Gasteiger partial charge in [-0.2, -0.15) is 5.26 Å². The maximum atomic E-state index is 12.5. The second-order valence-electron chi connectivity index (χ2n) is 7.97. The molecule has 1 fully saturated rings. The van der Waals surface area contributed by atoms with Gasteiger partial charge in [-0.15, -0.1) is 12.4 Å². The van der Waals surface area contributed by atoms with E-state index >= 15 is 0 Å². The van der Waals surface area contributed by atoms with Gasteiger partial charge in [0.2, 0.25) is 0 Å². The second-order valence-corrected chi connectivity index (χ2v) is 7.97. The van der Waals surface area contributed by atoms with Gasteiger partial charge in [0.05, 0.1) is 12.2 Å². The fourth-order valence-electron chi connectivity index (χ4n) is 3.76. The molecule has 0 aromatic rings. The Balaban J connectivity index is 0.00000729. The van der Waals surface area contributed by atoms with Crippen LogP contribution in [0.3, 0.4) is 0 Å². The molecule has 0 bridgehead atoms. The Bertz CT molecular complexity index is 439. The highest BCUT2D eigenvalue weighted by atomic mass is 35.5. The first-order valence-electron chi connectivity index (χ1n) is 10.9. The zero-order valence-electron chi connectivity index (χ0n) is 17.6. The average molecular weight is 417 g/mol. The number of carbonyl (C=O) groups is 1. The van der Waals surface area contributed by atoms with Crippen LogP contribution in [0.2, 0.25) is 0 Å². The molecule has 0 radical (unpaired) electrons. The number of nitriles is 1. The van der Waals surface area contributed by atoms with Crippen LogP contribution >= 0.6 is 12.4 Å². The van der Waals surface area contributed by atoms with Crippen molar-refractivity contribution in [3.63, 3.8) is 0 Å². The third kappa shape index (κ3) is 11.7. The number of aliphatic hydroxyl groups excluding tert-OH is 1. The summed E-state index contributed by atoms with van der Waals surface area (Å²) >= 11 is 0. The van der Waals surface area contributed by atoms with E-state index in [1.54, 1.807) is 4.90 Å². The van der Waals surface area contributed by atoms with Gasteiger partial charge in [0.15, 0.2) is 0 Å². The number of urea groups is 1. The zero-order chi connectivity index (χ0) is 19.9. The molecule has 28 heavy (non-hydrogen) atoms. The van der Waals surface area contributed by atoms with Crippen LogP contribution in [0.5, 0.6) is 0 Å². The summed E-state index contributed by atoms with van der Waals surface area (Å²) in [5, 5.41) is 22.0. The van der Waals surface area contributed by atoms with Gasteiger partial charge in [0, 0.05) is 32.1 Å². The number of rotatable bonds is 13. The van der Waals surface area contributed by atoms with Crippen molar-refractivity contribution in [3.8, 4) is 6.07 Å². The highest BCUT2D eigenvalue weighted by Gasteiger charge is 2.25. The van der Waals surface area contributed by atoms with Crippen LogP contribution in [0.25, 0.3) is 0 Å². The van der Waals surface area contributed by atoms with Gasteiger partial charge in [-0.3, -0.25) is 0 Å². The number of amides is 2. The Labute approximate surface area is 177 Å². The van der Waals surface area contributed by atoms with E-state index in [0.717, 1.165) is 38.5 Å². The number of aliphatic hydroxyl groups is 1. The maximum Gasteiger partial charge on any atom is 0.317 e. The quantitative estimate of drug-likeness (QED) is 0.395. The van der Waals surface area contributed by atoms with Crippen molar-refractivity contribution >= 4 is 18.4 Å². The minimum absolute atomic E-state index is 0. The van der Waals surface area contributed by atoms with Crippen LogP contribution < -0.4 is 11.1 Å². The lowest BCUT2D eigenvalue weighted by atomic mass is 9.84. The van der Waals surface area contributed by atoms with E-state index in [2.05, 4.69) is 18.3 Å². The van der Waals surface area contributed by atoms with E-state index in [0.29, 0.717) is 32.0 Å². The fourth-order valence-corrected chi connectivity index (χ4v) is 3.76. The van der Waals surface area contributed by atoms with Gasteiger partial charge in [-0.25, -0.2) is 4.79 Å². The van der Waals surface area contributed by atoms with Gasteiger partial charge >= 0.3 is 6.03 Å². The molecule has 4 N–H and O–H groups in total. The second kappa shape index (κ2) is 16.9. The number of nitrogens with one attached hydrogen (secondary N) is 1. The zero-order valence-corrected chi connectivity index (χ0v) is 18.4. The van der Waals surface area contributed by atoms with E-state index in [-0.39, 0.29) is 24.5 Å². The number of halogens is 1. The third-order valence-corrected chi connectivity index (χ3v) is 5.54. The first kappa shape index (κ1) is 27.0. The van der Waals surface area contributed by atoms with Crippen LogP contribution in [0.1, 0.15) is 84.0 Å².